The molecule has 0 bridgehead atoms. The average molecular weight is 547 g/mol. The summed E-state index contributed by atoms with van der Waals surface area (Å²) in [5, 5.41) is 14.1. The lowest BCUT2D eigenvalue weighted by atomic mass is 9.95. The van der Waals surface area contributed by atoms with Gasteiger partial charge in [0.25, 0.3) is 0 Å². The van der Waals surface area contributed by atoms with Crippen molar-refractivity contribution in [2.45, 2.75) is 148 Å². The molecule has 2 unspecified atom stereocenters. The second-order valence-corrected chi connectivity index (χ2v) is 14.0. The topological polar surface area (TPSA) is 88.5 Å². The number of hydroxylamine groups is 4. The van der Waals surface area contributed by atoms with Gasteiger partial charge in [-0.25, -0.2) is 0 Å². The van der Waals surface area contributed by atoms with Crippen molar-refractivity contribution in [3.63, 3.8) is 0 Å². The minimum atomic E-state index is -0.527. The maximum absolute atomic E-state index is 12.8. The summed E-state index contributed by atoms with van der Waals surface area (Å²) in [6.07, 6.45) is 3.40. The Morgan fingerprint density at radius 1 is 0.769 bits per heavy atom. The molecule has 3 rings (SSSR count). The molecular weight excluding hydrogens is 496 g/mol. The third kappa shape index (κ3) is 8.18. The summed E-state index contributed by atoms with van der Waals surface area (Å²) < 4.78 is 11.6. The van der Waals surface area contributed by atoms with Crippen LogP contribution in [0.2, 0.25) is 0 Å². The van der Waals surface area contributed by atoms with Gasteiger partial charge in [0.15, 0.2) is 0 Å². The Kier molecular flexibility index (Phi) is 9.45. The molecule has 2 aliphatic heterocycles. The summed E-state index contributed by atoms with van der Waals surface area (Å²) >= 11 is 0. The number of hydrogen-bond acceptors (Lipinski definition) is 8. The van der Waals surface area contributed by atoms with Gasteiger partial charge in [0.2, 0.25) is 0 Å². The standard InChI is InChI=1S/C31H50N2O6/c1-22-10-12-23(13-11-22)39-33-29(4,5)19-17-25(21-31(33,8)9)38-27(35)15-14-26(34)37-24-16-18-28(2,3)32(36)30(6,7)20-24/h10-13,24-25,36H,14-21H2,1-9H3. The minimum absolute atomic E-state index is 0.0174. The lowest BCUT2D eigenvalue weighted by Crippen LogP contribution is -2.56. The minimum Gasteiger partial charge on any atom is -0.462 e. The van der Waals surface area contributed by atoms with E-state index in [1.807, 2.05) is 63.9 Å². The first-order valence-electron chi connectivity index (χ1n) is 14.3. The molecule has 39 heavy (non-hydrogen) atoms. The first kappa shape index (κ1) is 31.4. The van der Waals surface area contributed by atoms with Crippen molar-refractivity contribution in [1.29, 1.82) is 0 Å². The Balaban J connectivity index is 1.53. The second-order valence-electron chi connectivity index (χ2n) is 14.0. The number of rotatable bonds is 7. The number of esters is 2. The molecule has 2 saturated heterocycles. The van der Waals surface area contributed by atoms with Crippen molar-refractivity contribution in [2.24, 2.45) is 0 Å². The molecule has 8 heteroatoms. The maximum atomic E-state index is 12.8. The Labute approximate surface area is 234 Å². The highest BCUT2D eigenvalue weighted by atomic mass is 16.7. The van der Waals surface area contributed by atoms with Gasteiger partial charge in [0, 0.05) is 23.9 Å². The predicted molar refractivity (Wildman–Crippen MR) is 150 cm³/mol. The van der Waals surface area contributed by atoms with Crippen LogP contribution >= 0.6 is 0 Å². The van der Waals surface area contributed by atoms with Crippen LogP contribution in [0, 0.1) is 6.92 Å². The van der Waals surface area contributed by atoms with Crippen LogP contribution in [-0.2, 0) is 19.1 Å². The second kappa shape index (κ2) is 11.8. The fourth-order valence-electron chi connectivity index (χ4n) is 6.21. The Bertz CT molecular complexity index is 1000. The average Bonchev–Trinajstić information content (AvgIpc) is 2.95. The fourth-order valence-corrected chi connectivity index (χ4v) is 6.21. The molecule has 1 N–H and O–H groups in total. The number of carbonyl (C=O) groups is 2. The first-order chi connectivity index (χ1) is 17.9. The molecular formula is C31H50N2O6. The molecule has 0 spiro atoms. The van der Waals surface area contributed by atoms with Crippen LogP contribution in [-0.4, -0.2) is 61.6 Å². The highest BCUT2D eigenvalue weighted by Crippen LogP contribution is 2.39. The predicted octanol–water partition coefficient (Wildman–Crippen LogP) is 6.37. The molecule has 0 radical (unpaired) electrons. The zero-order valence-electron chi connectivity index (χ0n) is 25.5. The van der Waals surface area contributed by atoms with Gasteiger partial charge in [-0.2, -0.15) is 5.06 Å². The van der Waals surface area contributed by atoms with Crippen molar-refractivity contribution >= 4 is 11.9 Å². The Hall–Kier alpha value is -2.16. The quantitative estimate of drug-likeness (QED) is 0.395. The van der Waals surface area contributed by atoms with E-state index in [0.717, 1.165) is 12.2 Å². The number of benzene rings is 1. The molecule has 2 fully saturated rings. The van der Waals surface area contributed by atoms with E-state index in [2.05, 4.69) is 27.7 Å². The van der Waals surface area contributed by atoms with Crippen LogP contribution in [0.4, 0.5) is 0 Å². The third-order valence-corrected chi connectivity index (χ3v) is 8.20. The molecule has 0 amide bonds. The summed E-state index contributed by atoms with van der Waals surface area (Å²) in [5.41, 5.74) is -0.427. The van der Waals surface area contributed by atoms with E-state index in [4.69, 9.17) is 14.3 Å². The van der Waals surface area contributed by atoms with Gasteiger partial charge in [0.1, 0.15) is 18.0 Å². The summed E-state index contributed by atoms with van der Waals surface area (Å²) in [7, 11) is 0. The molecule has 1 aromatic carbocycles. The number of hydrogen-bond donors (Lipinski definition) is 1. The lowest BCUT2D eigenvalue weighted by Gasteiger charge is -2.45. The van der Waals surface area contributed by atoms with Crippen molar-refractivity contribution in [3.05, 3.63) is 29.8 Å². The molecule has 220 valence electrons. The van der Waals surface area contributed by atoms with Crippen molar-refractivity contribution in [3.8, 4) is 5.75 Å². The van der Waals surface area contributed by atoms with E-state index in [1.54, 1.807) is 0 Å². The van der Waals surface area contributed by atoms with Crippen LogP contribution in [0.25, 0.3) is 0 Å². The lowest BCUT2D eigenvalue weighted by molar-refractivity contribution is -0.223. The van der Waals surface area contributed by atoms with E-state index < -0.39 is 22.6 Å². The first-order valence-corrected chi connectivity index (χ1v) is 14.3. The van der Waals surface area contributed by atoms with Gasteiger partial charge in [-0.05, 0) is 100 Å². The van der Waals surface area contributed by atoms with Gasteiger partial charge in [-0.15, -0.1) is 5.06 Å². The van der Waals surface area contributed by atoms with Crippen LogP contribution in [0.5, 0.6) is 5.75 Å². The third-order valence-electron chi connectivity index (χ3n) is 8.20. The zero-order chi connectivity index (χ0) is 29.2. The maximum Gasteiger partial charge on any atom is 0.306 e. The molecule has 0 saturated carbocycles. The van der Waals surface area contributed by atoms with E-state index in [-0.39, 0.29) is 36.6 Å². The molecule has 8 nitrogen and oxygen atoms in total. The summed E-state index contributed by atoms with van der Waals surface area (Å²) in [6, 6.07) is 8.00. The van der Waals surface area contributed by atoms with Crippen LogP contribution in [0.15, 0.2) is 24.3 Å². The van der Waals surface area contributed by atoms with Gasteiger partial charge < -0.3 is 19.5 Å². The van der Waals surface area contributed by atoms with E-state index in [0.29, 0.717) is 32.1 Å². The molecule has 2 aliphatic rings. The van der Waals surface area contributed by atoms with Crippen molar-refractivity contribution in [2.75, 3.05) is 0 Å². The van der Waals surface area contributed by atoms with Crippen LogP contribution < -0.4 is 4.84 Å². The highest BCUT2D eigenvalue weighted by molar-refractivity contribution is 5.77. The highest BCUT2D eigenvalue weighted by Gasteiger charge is 2.46. The van der Waals surface area contributed by atoms with Gasteiger partial charge in [-0.3, -0.25) is 9.59 Å². The number of nitrogens with zero attached hydrogens (tertiary/aromatic N) is 2. The normalized spacial score (nSPS) is 26.6. The zero-order valence-corrected chi connectivity index (χ0v) is 25.5. The molecule has 2 atom stereocenters. The number of aryl methyl sites for hydroxylation is 1. The Morgan fingerprint density at radius 3 is 1.74 bits per heavy atom. The smallest absolute Gasteiger partial charge is 0.306 e. The van der Waals surface area contributed by atoms with Crippen LogP contribution in [0.3, 0.4) is 0 Å². The molecule has 0 aromatic heterocycles. The van der Waals surface area contributed by atoms with Crippen molar-refractivity contribution < 1.29 is 29.1 Å². The largest absolute Gasteiger partial charge is 0.462 e. The summed E-state index contributed by atoms with van der Waals surface area (Å²) in [6.45, 7) is 18.4. The summed E-state index contributed by atoms with van der Waals surface area (Å²) in [4.78, 5) is 31.8. The van der Waals surface area contributed by atoms with E-state index in [1.165, 1.54) is 10.6 Å². The number of ether oxygens (including phenoxy) is 2. The van der Waals surface area contributed by atoms with E-state index >= 15 is 0 Å². The Morgan fingerprint density at radius 2 is 1.23 bits per heavy atom. The van der Waals surface area contributed by atoms with E-state index in [9.17, 15) is 14.8 Å². The molecule has 0 aliphatic carbocycles. The molecule has 2 heterocycles. The SMILES string of the molecule is Cc1ccc(ON2C(C)(C)CCC(OC(=O)CCC(=O)OC3CCC(C)(C)N(O)C(C)(C)C3)CC2(C)C)cc1. The number of carbonyl (C=O) groups excluding carboxylic acids is 2. The fraction of sp³-hybridized carbons (Fsp3) is 0.742. The van der Waals surface area contributed by atoms with Gasteiger partial charge in [-0.1, -0.05) is 17.7 Å². The summed E-state index contributed by atoms with van der Waals surface area (Å²) in [5.74, 6) is -0.0118. The van der Waals surface area contributed by atoms with Crippen molar-refractivity contribution in [1.82, 2.24) is 10.1 Å². The van der Waals surface area contributed by atoms with Gasteiger partial charge >= 0.3 is 11.9 Å². The molecule has 1 aromatic rings. The monoisotopic (exact) mass is 546 g/mol. The van der Waals surface area contributed by atoms with Crippen LogP contribution in [0.1, 0.15) is 112 Å². The van der Waals surface area contributed by atoms with Gasteiger partial charge in [0.05, 0.1) is 23.9 Å².